The summed E-state index contributed by atoms with van der Waals surface area (Å²) in [5.74, 6) is -0.675. The first-order chi connectivity index (χ1) is 9.63. The molecule has 2 rings (SSSR count). The first kappa shape index (κ1) is 14.3. The van der Waals surface area contributed by atoms with Gasteiger partial charge in [-0.1, -0.05) is 35.5 Å². The molecule has 0 atom stereocenters. The van der Waals surface area contributed by atoms with Crippen LogP contribution in [0.2, 0.25) is 0 Å². The lowest BCUT2D eigenvalue weighted by molar-refractivity contribution is 0.289. The zero-order chi connectivity index (χ0) is 14.5. The SMILES string of the molecule is N/C(=N/O)c1ccc(OCc2ccccc2)c(F)c1Br. The van der Waals surface area contributed by atoms with E-state index in [-0.39, 0.29) is 28.2 Å². The predicted octanol–water partition coefficient (Wildman–Crippen LogP) is 3.26. The van der Waals surface area contributed by atoms with E-state index >= 15 is 0 Å². The molecule has 4 nitrogen and oxygen atoms in total. The van der Waals surface area contributed by atoms with E-state index in [1.165, 1.54) is 12.1 Å². The van der Waals surface area contributed by atoms with Crippen LogP contribution in [0.3, 0.4) is 0 Å². The molecule has 6 heteroatoms. The van der Waals surface area contributed by atoms with Gasteiger partial charge in [0, 0.05) is 5.56 Å². The third-order valence-corrected chi connectivity index (χ3v) is 3.44. The van der Waals surface area contributed by atoms with Crippen LogP contribution in [-0.2, 0) is 6.61 Å². The lowest BCUT2D eigenvalue weighted by atomic mass is 10.2. The molecular weight excluding hydrogens is 327 g/mol. The molecule has 0 spiro atoms. The Hall–Kier alpha value is -2.08. The summed E-state index contributed by atoms with van der Waals surface area (Å²) in [6.45, 7) is 0.257. The summed E-state index contributed by atoms with van der Waals surface area (Å²) in [4.78, 5) is 0. The number of hydrogen-bond donors (Lipinski definition) is 2. The Morgan fingerprint density at radius 3 is 2.60 bits per heavy atom. The largest absolute Gasteiger partial charge is 0.486 e. The van der Waals surface area contributed by atoms with Crippen molar-refractivity contribution in [2.75, 3.05) is 0 Å². The van der Waals surface area contributed by atoms with E-state index in [1.807, 2.05) is 30.3 Å². The van der Waals surface area contributed by atoms with Crippen LogP contribution in [0.1, 0.15) is 11.1 Å². The number of ether oxygens (including phenoxy) is 1. The van der Waals surface area contributed by atoms with Gasteiger partial charge in [0.1, 0.15) is 6.61 Å². The highest BCUT2D eigenvalue weighted by Gasteiger charge is 2.15. The van der Waals surface area contributed by atoms with Crippen LogP contribution in [0.15, 0.2) is 52.1 Å². The maximum absolute atomic E-state index is 14.1. The first-order valence-electron chi connectivity index (χ1n) is 5.76. The van der Waals surface area contributed by atoms with E-state index in [9.17, 15) is 4.39 Å². The minimum absolute atomic E-state index is 0.0928. The van der Waals surface area contributed by atoms with Gasteiger partial charge in [-0.15, -0.1) is 0 Å². The number of hydrogen-bond acceptors (Lipinski definition) is 3. The van der Waals surface area contributed by atoms with Crippen molar-refractivity contribution >= 4 is 21.8 Å². The number of benzene rings is 2. The van der Waals surface area contributed by atoms with Gasteiger partial charge in [0.2, 0.25) is 0 Å². The van der Waals surface area contributed by atoms with Crippen molar-refractivity contribution in [2.45, 2.75) is 6.61 Å². The summed E-state index contributed by atoms with van der Waals surface area (Å²) < 4.78 is 19.6. The molecule has 0 fully saturated rings. The molecule has 0 saturated carbocycles. The summed E-state index contributed by atoms with van der Waals surface area (Å²) in [5.41, 5.74) is 6.64. The van der Waals surface area contributed by atoms with Gasteiger partial charge in [0.25, 0.3) is 0 Å². The van der Waals surface area contributed by atoms with Crippen molar-refractivity contribution in [2.24, 2.45) is 10.9 Å². The average molecular weight is 339 g/mol. The Labute approximate surface area is 123 Å². The second kappa shape index (κ2) is 6.38. The van der Waals surface area contributed by atoms with E-state index in [4.69, 9.17) is 15.7 Å². The number of amidine groups is 1. The summed E-state index contributed by atoms with van der Waals surface area (Å²) in [6, 6.07) is 12.4. The van der Waals surface area contributed by atoms with Crippen LogP contribution in [0.4, 0.5) is 4.39 Å². The third kappa shape index (κ3) is 3.08. The Morgan fingerprint density at radius 1 is 1.25 bits per heavy atom. The molecule has 104 valence electrons. The first-order valence-corrected chi connectivity index (χ1v) is 6.55. The van der Waals surface area contributed by atoms with Gasteiger partial charge in [-0.25, -0.2) is 4.39 Å². The van der Waals surface area contributed by atoms with Gasteiger partial charge in [-0.05, 0) is 33.6 Å². The number of rotatable bonds is 4. The number of halogens is 2. The molecule has 3 N–H and O–H groups in total. The van der Waals surface area contributed by atoms with E-state index in [1.54, 1.807) is 0 Å². The lowest BCUT2D eigenvalue weighted by Gasteiger charge is -2.10. The molecule has 2 aromatic rings. The molecule has 0 heterocycles. The fourth-order valence-electron chi connectivity index (χ4n) is 1.63. The van der Waals surface area contributed by atoms with Crippen LogP contribution < -0.4 is 10.5 Å². The van der Waals surface area contributed by atoms with Crippen molar-refractivity contribution < 1.29 is 14.3 Å². The maximum atomic E-state index is 14.1. The van der Waals surface area contributed by atoms with Gasteiger partial charge >= 0.3 is 0 Å². The second-order valence-corrected chi connectivity index (χ2v) is 4.79. The zero-order valence-corrected chi connectivity index (χ0v) is 12.0. The summed E-state index contributed by atoms with van der Waals surface area (Å²) in [6.07, 6.45) is 0. The van der Waals surface area contributed by atoms with E-state index < -0.39 is 5.82 Å². The monoisotopic (exact) mass is 338 g/mol. The smallest absolute Gasteiger partial charge is 0.179 e. The molecule has 0 amide bonds. The van der Waals surface area contributed by atoms with Gasteiger partial charge in [0.15, 0.2) is 17.4 Å². The van der Waals surface area contributed by atoms with E-state index in [2.05, 4.69) is 21.1 Å². The Balaban J connectivity index is 2.20. The molecule has 0 aliphatic rings. The highest BCUT2D eigenvalue weighted by Crippen LogP contribution is 2.29. The highest BCUT2D eigenvalue weighted by atomic mass is 79.9. The minimum atomic E-state index is -0.593. The number of nitrogens with zero attached hydrogens (tertiary/aromatic N) is 1. The third-order valence-electron chi connectivity index (χ3n) is 2.67. The fraction of sp³-hybridized carbons (Fsp3) is 0.0714. The highest BCUT2D eigenvalue weighted by molar-refractivity contribution is 9.10. The summed E-state index contributed by atoms with van der Waals surface area (Å²) >= 11 is 3.07. The predicted molar refractivity (Wildman–Crippen MR) is 77.4 cm³/mol. The Morgan fingerprint density at radius 2 is 1.95 bits per heavy atom. The average Bonchev–Trinajstić information content (AvgIpc) is 2.49. The Bertz CT molecular complexity index is 633. The van der Waals surface area contributed by atoms with Crippen molar-refractivity contribution in [3.8, 4) is 5.75 Å². The maximum Gasteiger partial charge on any atom is 0.179 e. The van der Waals surface area contributed by atoms with Crippen molar-refractivity contribution in [1.82, 2.24) is 0 Å². The molecule has 0 aliphatic heterocycles. The molecule has 2 aromatic carbocycles. The molecule has 0 aromatic heterocycles. The summed E-state index contributed by atoms with van der Waals surface area (Å²) in [5, 5.41) is 11.5. The standard InChI is InChI=1S/C14H12BrFN2O2/c15-12-10(14(17)18-19)6-7-11(13(12)16)20-8-9-4-2-1-3-5-9/h1-7,19H,8H2,(H2,17,18). The van der Waals surface area contributed by atoms with E-state index in [0.717, 1.165) is 5.56 Å². The van der Waals surface area contributed by atoms with Crippen LogP contribution in [0.25, 0.3) is 0 Å². The lowest BCUT2D eigenvalue weighted by Crippen LogP contribution is -2.14. The fourth-order valence-corrected chi connectivity index (χ4v) is 2.16. The van der Waals surface area contributed by atoms with Gasteiger partial charge in [0.05, 0.1) is 4.47 Å². The van der Waals surface area contributed by atoms with Crippen molar-refractivity contribution in [3.05, 3.63) is 63.9 Å². The Kier molecular flexibility index (Phi) is 4.57. The van der Waals surface area contributed by atoms with Crippen molar-refractivity contribution in [1.29, 1.82) is 0 Å². The molecule has 0 saturated heterocycles. The van der Waals surface area contributed by atoms with Crippen LogP contribution >= 0.6 is 15.9 Å². The quantitative estimate of drug-likeness (QED) is 0.389. The molecule has 0 unspecified atom stereocenters. The van der Waals surface area contributed by atoms with Crippen LogP contribution in [0.5, 0.6) is 5.75 Å². The number of nitrogens with two attached hydrogens (primary N) is 1. The minimum Gasteiger partial charge on any atom is -0.486 e. The number of oxime groups is 1. The van der Waals surface area contributed by atoms with Crippen molar-refractivity contribution in [3.63, 3.8) is 0 Å². The summed E-state index contributed by atoms with van der Waals surface area (Å²) in [7, 11) is 0. The normalized spacial score (nSPS) is 11.4. The molecular formula is C14H12BrFN2O2. The van der Waals surface area contributed by atoms with E-state index in [0.29, 0.717) is 0 Å². The second-order valence-electron chi connectivity index (χ2n) is 4.00. The topological polar surface area (TPSA) is 67.8 Å². The molecule has 0 radical (unpaired) electrons. The molecule has 20 heavy (non-hydrogen) atoms. The van der Waals surface area contributed by atoms with Gasteiger partial charge in [-0.2, -0.15) is 0 Å². The van der Waals surface area contributed by atoms with Crippen LogP contribution in [-0.4, -0.2) is 11.0 Å². The van der Waals surface area contributed by atoms with Gasteiger partial charge < -0.3 is 15.7 Å². The zero-order valence-electron chi connectivity index (χ0n) is 10.4. The molecule has 0 aliphatic carbocycles. The van der Waals surface area contributed by atoms with Gasteiger partial charge in [-0.3, -0.25) is 0 Å². The van der Waals surface area contributed by atoms with Crippen LogP contribution in [0, 0.1) is 5.82 Å². The molecule has 0 bridgehead atoms.